The summed E-state index contributed by atoms with van der Waals surface area (Å²) in [4.78, 5) is 0. The topological polar surface area (TPSA) is 32.3 Å². The lowest BCUT2D eigenvalue weighted by molar-refractivity contribution is 0.414. The molecule has 23 heavy (non-hydrogen) atoms. The quantitative estimate of drug-likeness (QED) is 0.354. The lowest BCUT2D eigenvalue weighted by atomic mass is 10.2. The average Bonchev–Trinajstić information content (AvgIpc) is 2.59. The summed E-state index contributed by atoms with van der Waals surface area (Å²) in [5, 5.41) is 2.02. The summed E-state index contributed by atoms with van der Waals surface area (Å²) in [6, 6.07) is 18.1. The molecule has 0 aliphatic rings. The molecule has 0 saturated heterocycles. The molecular weight excluding hydrogens is 344 g/mol. The van der Waals surface area contributed by atoms with Gasteiger partial charge in [0, 0.05) is 11.3 Å². The van der Waals surface area contributed by atoms with Crippen LogP contribution in [0.25, 0.3) is 0 Å². The normalized spacial score (nSPS) is 12.4. The zero-order valence-corrected chi connectivity index (χ0v) is 15.5. The minimum Gasteiger partial charge on any atom is -0.616 e. The van der Waals surface area contributed by atoms with Crippen molar-refractivity contribution < 1.29 is 9.29 Å². The summed E-state index contributed by atoms with van der Waals surface area (Å²) in [6.07, 6.45) is 1.99. The standard InChI is InChI=1S/C18H20O2S3/c1-20-18-10-8-16(9-11-18)14-22-21-12-5-13-23(19)15-17-6-3-2-4-7-17/h2-12H,13-15H2,1H3/b12-5+. The third kappa shape index (κ3) is 7.40. The summed E-state index contributed by atoms with van der Waals surface area (Å²) in [5.74, 6) is 3.04. The molecule has 2 aromatic carbocycles. The first-order valence-corrected chi connectivity index (χ1v) is 11.1. The number of ether oxygens (including phenoxy) is 1. The molecule has 0 saturated carbocycles. The maximum absolute atomic E-state index is 12.0. The predicted molar refractivity (Wildman–Crippen MR) is 104 cm³/mol. The molecule has 0 radical (unpaired) electrons. The second kappa shape index (κ2) is 10.7. The van der Waals surface area contributed by atoms with Gasteiger partial charge in [0.05, 0.1) is 7.11 Å². The molecule has 0 aromatic heterocycles. The summed E-state index contributed by atoms with van der Waals surface area (Å²) < 4.78 is 17.1. The van der Waals surface area contributed by atoms with Crippen LogP contribution in [-0.2, 0) is 22.7 Å². The number of methoxy groups -OCH3 is 1. The van der Waals surface area contributed by atoms with Crippen molar-refractivity contribution in [3.05, 3.63) is 77.2 Å². The Balaban J connectivity index is 1.61. The fraction of sp³-hybridized carbons (Fsp3) is 0.222. The third-order valence-corrected chi connectivity index (χ3v) is 6.26. The first-order valence-electron chi connectivity index (χ1n) is 7.23. The van der Waals surface area contributed by atoms with Crippen LogP contribution in [0.2, 0.25) is 0 Å². The van der Waals surface area contributed by atoms with Gasteiger partial charge in [-0.3, -0.25) is 0 Å². The fourth-order valence-electron chi connectivity index (χ4n) is 1.87. The first kappa shape index (κ1) is 18.3. The van der Waals surface area contributed by atoms with Gasteiger partial charge in [-0.05, 0) is 40.4 Å². The second-order valence-corrected chi connectivity index (χ2v) is 8.59. The minimum absolute atomic E-state index is 0.602. The van der Waals surface area contributed by atoms with E-state index in [-0.39, 0.29) is 0 Å². The largest absolute Gasteiger partial charge is 0.616 e. The smallest absolute Gasteiger partial charge is 0.130 e. The van der Waals surface area contributed by atoms with E-state index in [1.54, 1.807) is 28.7 Å². The van der Waals surface area contributed by atoms with Crippen LogP contribution < -0.4 is 4.74 Å². The maximum Gasteiger partial charge on any atom is 0.130 e. The highest BCUT2D eigenvalue weighted by Crippen LogP contribution is 2.27. The van der Waals surface area contributed by atoms with Gasteiger partial charge < -0.3 is 9.29 Å². The molecule has 0 fully saturated rings. The number of hydrogen-bond acceptors (Lipinski definition) is 4. The van der Waals surface area contributed by atoms with Crippen LogP contribution in [0.4, 0.5) is 0 Å². The van der Waals surface area contributed by atoms with Gasteiger partial charge in [-0.1, -0.05) is 64.1 Å². The van der Waals surface area contributed by atoms with Crippen LogP contribution >= 0.6 is 21.6 Å². The first-order chi connectivity index (χ1) is 11.3. The van der Waals surface area contributed by atoms with E-state index in [1.807, 2.05) is 53.9 Å². The van der Waals surface area contributed by atoms with E-state index >= 15 is 0 Å². The van der Waals surface area contributed by atoms with Gasteiger partial charge in [0.25, 0.3) is 0 Å². The van der Waals surface area contributed by atoms with Crippen molar-refractivity contribution in [2.75, 3.05) is 12.9 Å². The second-order valence-electron chi connectivity index (χ2n) is 4.81. The molecule has 122 valence electrons. The van der Waals surface area contributed by atoms with Gasteiger partial charge >= 0.3 is 0 Å². The van der Waals surface area contributed by atoms with Crippen molar-refractivity contribution in [2.24, 2.45) is 0 Å². The van der Waals surface area contributed by atoms with Crippen LogP contribution in [0, 0.1) is 0 Å². The molecule has 2 aromatic rings. The molecule has 5 heteroatoms. The highest BCUT2D eigenvalue weighted by atomic mass is 33.1. The Kier molecular flexibility index (Phi) is 8.53. The third-order valence-electron chi connectivity index (χ3n) is 3.06. The highest BCUT2D eigenvalue weighted by molar-refractivity contribution is 8.77. The molecule has 0 amide bonds. The molecule has 0 aliphatic heterocycles. The Morgan fingerprint density at radius 1 is 1.04 bits per heavy atom. The SMILES string of the molecule is COc1ccc(CSS/C=C/C[S+]([O-])Cc2ccccc2)cc1. The van der Waals surface area contributed by atoms with Gasteiger partial charge in [-0.15, -0.1) is 0 Å². The Morgan fingerprint density at radius 2 is 1.78 bits per heavy atom. The average molecular weight is 365 g/mol. The Hall–Kier alpha value is -1.01. The van der Waals surface area contributed by atoms with Gasteiger partial charge in [0.15, 0.2) is 0 Å². The van der Waals surface area contributed by atoms with Gasteiger partial charge in [-0.25, -0.2) is 0 Å². The van der Waals surface area contributed by atoms with E-state index in [0.29, 0.717) is 11.5 Å². The highest BCUT2D eigenvalue weighted by Gasteiger charge is 2.04. The van der Waals surface area contributed by atoms with Crippen LogP contribution in [-0.4, -0.2) is 17.4 Å². The molecule has 2 rings (SSSR count). The Labute approximate surface area is 149 Å². The summed E-state index contributed by atoms with van der Waals surface area (Å²) in [7, 11) is 5.12. The van der Waals surface area contributed by atoms with Crippen molar-refractivity contribution in [2.45, 2.75) is 11.5 Å². The molecule has 0 aliphatic carbocycles. The molecule has 0 N–H and O–H groups in total. The van der Waals surface area contributed by atoms with E-state index in [1.165, 1.54) is 5.56 Å². The number of benzene rings is 2. The number of rotatable bonds is 9. The maximum atomic E-state index is 12.0. The van der Waals surface area contributed by atoms with Crippen molar-refractivity contribution in [1.29, 1.82) is 0 Å². The van der Waals surface area contributed by atoms with Crippen LogP contribution in [0.5, 0.6) is 5.75 Å². The van der Waals surface area contributed by atoms with Crippen LogP contribution in [0.1, 0.15) is 11.1 Å². The molecule has 1 unspecified atom stereocenters. The lowest BCUT2D eigenvalue weighted by Crippen LogP contribution is -2.07. The minimum atomic E-state index is -0.839. The van der Waals surface area contributed by atoms with E-state index in [2.05, 4.69) is 12.1 Å². The number of hydrogen-bond donors (Lipinski definition) is 0. The molecule has 0 bridgehead atoms. The van der Waals surface area contributed by atoms with E-state index in [4.69, 9.17) is 4.74 Å². The van der Waals surface area contributed by atoms with Crippen molar-refractivity contribution in [3.63, 3.8) is 0 Å². The monoisotopic (exact) mass is 364 g/mol. The van der Waals surface area contributed by atoms with E-state index < -0.39 is 11.2 Å². The molecule has 2 nitrogen and oxygen atoms in total. The molecular formula is C18H20O2S3. The van der Waals surface area contributed by atoms with Gasteiger partial charge in [0.2, 0.25) is 0 Å². The predicted octanol–water partition coefficient (Wildman–Crippen LogP) is 5.04. The summed E-state index contributed by atoms with van der Waals surface area (Å²) in [5.41, 5.74) is 2.39. The summed E-state index contributed by atoms with van der Waals surface area (Å²) >= 11 is -0.839. The van der Waals surface area contributed by atoms with Crippen molar-refractivity contribution in [3.8, 4) is 5.75 Å². The van der Waals surface area contributed by atoms with Crippen LogP contribution in [0.15, 0.2) is 66.1 Å². The molecule has 0 spiro atoms. The van der Waals surface area contributed by atoms with Gasteiger partial charge in [-0.2, -0.15) is 0 Å². The van der Waals surface area contributed by atoms with E-state index in [9.17, 15) is 4.55 Å². The zero-order valence-electron chi connectivity index (χ0n) is 13.0. The fourth-order valence-corrected chi connectivity index (χ4v) is 4.72. The van der Waals surface area contributed by atoms with Crippen molar-refractivity contribution >= 4 is 32.8 Å². The Morgan fingerprint density at radius 3 is 2.48 bits per heavy atom. The van der Waals surface area contributed by atoms with E-state index in [0.717, 1.165) is 17.1 Å². The Bertz CT molecular complexity index is 585. The summed E-state index contributed by atoms with van der Waals surface area (Å²) in [6.45, 7) is 0. The molecule has 0 heterocycles. The lowest BCUT2D eigenvalue weighted by Gasteiger charge is -2.08. The van der Waals surface area contributed by atoms with Crippen molar-refractivity contribution in [1.82, 2.24) is 0 Å². The van der Waals surface area contributed by atoms with Crippen LogP contribution in [0.3, 0.4) is 0 Å². The van der Waals surface area contributed by atoms with Gasteiger partial charge in [0.1, 0.15) is 17.3 Å². The zero-order chi connectivity index (χ0) is 16.3. The molecule has 1 atom stereocenters.